The fraction of sp³-hybridized carbons (Fsp3) is 0.591. The molecule has 2 atom stereocenters. The molecule has 1 aromatic carbocycles. The molecule has 3 N–H and O–H groups in total. The van der Waals surface area contributed by atoms with Crippen molar-refractivity contribution in [3.8, 4) is 0 Å². The van der Waals surface area contributed by atoms with Crippen molar-refractivity contribution in [2.24, 2.45) is 10.9 Å². The third-order valence-corrected chi connectivity index (χ3v) is 6.61. The number of hydrogen-bond donors (Lipinski definition) is 3. The summed E-state index contributed by atoms with van der Waals surface area (Å²) in [5.41, 5.74) is 0. The highest BCUT2D eigenvalue weighted by Crippen LogP contribution is 2.29. The number of piperidine rings is 1. The van der Waals surface area contributed by atoms with Crippen LogP contribution in [0, 0.1) is 5.92 Å². The van der Waals surface area contributed by atoms with Gasteiger partial charge in [-0.15, -0.1) is 35.3 Å². The van der Waals surface area contributed by atoms with E-state index in [4.69, 9.17) is 0 Å². The molecule has 1 saturated heterocycles. The van der Waals surface area contributed by atoms with Crippen LogP contribution in [-0.4, -0.2) is 55.7 Å². The molecule has 0 spiro atoms. The lowest BCUT2D eigenvalue weighted by Crippen LogP contribution is -2.40. The Kier molecular flexibility index (Phi) is 10.7. The summed E-state index contributed by atoms with van der Waals surface area (Å²) in [5, 5.41) is 18.3. The minimum Gasteiger partial charge on any atom is -0.386 e. The summed E-state index contributed by atoms with van der Waals surface area (Å²) in [6, 6.07) is 10.3. The van der Waals surface area contributed by atoms with Crippen LogP contribution in [0.3, 0.4) is 0 Å². The van der Waals surface area contributed by atoms with Gasteiger partial charge in [0.1, 0.15) is 6.10 Å². The molecule has 1 fully saturated rings. The number of hydrogen-bond acceptors (Lipinski definition) is 4. The Bertz CT molecular complexity index is 733. The number of rotatable bonds is 8. The van der Waals surface area contributed by atoms with Crippen LogP contribution >= 0.6 is 35.3 Å². The zero-order valence-electron chi connectivity index (χ0n) is 17.6. The Morgan fingerprint density at radius 3 is 2.90 bits per heavy atom. The highest BCUT2D eigenvalue weighted by atomic mass is 127. The summed E-state index contributed by atoms with van der Waals surface area (Å²) in [5.74, 6) is 1.61. The number of aliphatic imine (C=N–C) groups is 1. The van der Waals surface area contributed by atoms with Crippen molar-refractivity contribution in [2.45, 2.75) is 38.7 Å². The molecule has 1 aliphatic rings. The van der Waals surface area contributed by atoms with Gasteiger partial charge in [0.25, 0.3) is 0 Å². The molecule has 2 aromatic rings. The molecular weight excluding hydrogens is 495 g/mol. The molecule has 7 heteroatoms. The molecule has 0 radical (unpaired) electrons. The third kappa shape index (κ3) is 7.70. The van der Waals surface area contributed by atoms with Crippen LogP contribution in [0.15, 0.2) is 35.3 Å². The zero-order valence-corrected chi connectivity index (χ0v) is 20.7. The molecule has 2 unspecified atom stereocenters. The summed E-state index contributed by atoms with van der Waals surface area (Å²) in [6.45, 7) is 7.43. The fourth-order valence-corrected chi connectivity index (χ4v) is 4.89. The Hall–Kier alpha value is -0.900. The lowest BCUT2D eigenvalue weighted by Gasteiger charge is -2.30. The minimum atomic E-state index is -0.531. The van der Waals surface area contributed by atoms with Gasteiger partial charge in [0.05, 0.1) is 0 Å². The summed E-state index contributed by atoms with van der Waals surface area (Å²) in [6.07, 6.45) is 4.54. The number of guanidine groups is 1. The number of likely N-dealkylation sites (tertiary alicyclic amines) is 1. The number of fused-ring (bicyclic) bond motifs is 1. The Balaban J connectivity index is 0.00000300. The van der Waals surface area contributed by atoms with E-state index >= 15 is 0 Å². The first-order chi connectivity index (χ1) is 13.7. The fourth-order valence-electron chi connectivity index (χ4n) is 3.84. The number of benzene rings is 1. The first kappa shape index (κ1) is 24.4. The summed E-state index contributed by atoms with van der Waals surface area (Å²) in [4.78, 5) is 7.86. The van der Waals surface area contributed by atoms with E-state index in [1.54, 1.807) is 18.4 Å². The Morgan fingerprint density at radius 2 is 2.14 bits per heavy atom. The molecule has 162 valence electrons. The van der Waals surface area contributed by atoms with Gasteiger partial charge in [-0.3, -0.25) is 4.99 Å². The predicted octanol–water partition coefficient (Wildman–Crippen LogP) is 4.23. The van der Waals surface area contributed by atoms with Crippen molar-refractivity contribution in [1.82, 2.24) is 15.5 Å². The predicted molar refractivity (Wildman–Crippen MR) is 136 cm³/mol. The maximum absolute atomic E-state index is 10.5. The largest absolute Gasteiger partial charge is 0.386 e. The van der Waals surface area contributed by atoms with Gasteiger partial charge >= 0.3 is 0 Å². The molecule has 0 aliphatic carbocycles. The van der Waals surface area contributed by atoms with Gasteiger partial charge < -0.3 is 20.6 Å². The van der Waals surface area contributed by atoms with Gasteiger partial charge in [-0.1, -0.05) is 25.1 Å². The van der Waals surface area contributed by atoms with Crippen LogP contribution in [0.2, 0.25) is 0 Å². The lowest BCUT2D eigenvalue weighted by molar-refractivity contribution is 0.181. The number of thiophene rings is 1. The quantitative estimate of drug-likeness (QED) is 0.207. The number of nitrogens with zero attached hydrogens (tertiary/aromatic N) is 2. The molecule has 1 aromatic heterocycles. The summed E-state index contributed by atoms with van der Waals surface area (Å²) >= 11 is 1.65. The molecule has 5 nitrogen and oxygen atoms in total. The second-order valence-corrected chi connectivity index (χ2v) is 8.95. The highest BCUT2D eigenvalue weighted by molar-refractivity contribution is 14.0. The zero-order chi connectivity index (χ0) is 19.8. The number of unbranched alkanes of at least 4 members (excludes halogenated alkanes) is 1. The van der Waals surface area contributed by atoms with Crippen molar-refractivity contribution in [2.75, 3.05) is 39.8 Å². The Labute approximate surface area is 196 Å². The van der Waals surface area contributed by atoms with E-state index in [-0.39, 0.29) is 24.0 Å². The van der Waals surface area contributed by atoms with Crippen molar-refractivity contribution < 1.29 is 5.11 Å². The smallest absolute Gasteiger partial charge is 0.191 e. The molecule has 3 rings (SSSR count). The van der Waals surface area contributed by atoms with E-state index in [9.17, 15) is 5.11 Å². The van der Waals surface area contributed by atoms with Crippen molar-refractivity contribution in [1.29, 1.82) is 0 Å². The van der Waals surface area contributed by atoms with E-state index in [0.29, 0.717) is 6.54 Å². The third-order valence-electron chi connectivity index (χ3n) is 5.39. The average molecular weight is 531 g/mol. The van der Waals surface area contributed by atoms with Gasteiger partial charge in [-0.2, -0.15) is 0 Å². The van der Waals surface area contributed by atoms with E-state index in [2.05, 4.69) is 45.6 Å². The number of aliphatic hydroxyl groups excluding tert-OH is 1. The SMILES string of the molecule is CN=C(NCCCCN1CCCC(C)C1)NCC(O)c1cc2ccccc2s1.I. The normalized spacial score (nSPS) is 19.0. The number of nitrogens with one attached hydrogen (secondary N) is 2. The topological polar surface area (TPSA) is 59.9 Å². The van der Waals surface area contributed by atoms with E-state index in [1.807, 2.05) is 12.1 Å². The van der Waals surface area contributed by atoms with Crippen molar-refractivity contribution >= 4 is 51.4 Å². The van der Waals surface area contributed by atoms with Gasteiger partial charge in [0.2, 0.25) is 0 Å². The highest BCUT2D eigenvalue weighted by Gasteiger charge is 2.15. The standard InChI is InChI=1S/C22H34N4OS.HI/c1-17-8-7-13-26(16-17)12-6-5-11-24-22(23-2)25-15-19(27)21-14-18-9-3-4-10-20(18)28-21;/h3-4,9-10,14,17,19,27H,5-8,11-13,15-16H2,1-2H3,(H2,23,24,25);1H. The molecule has 0 saturated carbocycles. The second-order valence-electron chi connectivity index (χ2n) is 7.84. The average Bonchev–Trinajstić information content (AvgIpc) is 3.14. The van der Waals surface area contributed by atoms with Crippen LogP contribution in [0.25, 0.3) is 10.1 Å². The first-order valence-corrected chi connectivity index (χ1v) is 11.3. The van der Waals surface area contributed by atoms with Gasteiger partial charge in [0, 0.05) is 36.3 Å². The number of aliphatic hydroxyl groups is 1. The molecule has 2 heterocycles. The van der Waals surface area contributed by atoms with Crippen LogP contribution < -0.4 is 10.6 Å². The van der Waals surface area contributed by atoms with Crippen molar-refractivity contribution in [3.05, 3.63) is 35.2 Å². The molecule has 0 bridgehead atoms. The second kappa shape index (κ2) is 12.7. The van der Waals surface area contributed by atoms with Gasteiger partial charge in [-0.05, 0) is 62.2 Å². The van der Waals surface area contributed by atoms with Crippen LogP contribution in [0.4, 0.5) is 0 Å². The Morgan fingerprint density at radius 1 is 1.31 bits per heavy atom. The van der Waals surface area contributed by atoms with Crippen LogP contribution in [-0.2, 0) is 0 Å². The first-order valence-electron chi connectivity index (χ1n) is 10.5. The van der Waals surface area contributed by atoms with E-state index < -0.39 is 6.10 Å². The van der Waals surface area contributed by atoms with E-state index in [1.165, 1.54) is 49.0 Å². The summed E-state index contributed by atoms with van der Waals surface area (Å²) < 4.78 is 1.21. The summed E-state index contributed by atoms with van der Waals surface area (Å²) in [7, 11) is 1.77. The van der Waals surface area contributed by atoms with E-state index in [0.717, 1.165) is 29.7 Å². The van der Waals surface area contributed by atoms with Gasteiger partial charge in [-0.25, -0.2) is 0 Å². The van der Waals surface area contributed by atoms with Crippen LogP contribution in [0.1, 0.15) is 43.6 Å². The molecule has 1 aliphatic heterocycles. The van der Waals surface area contributed by atoms with Gasteiger partial charge in [0.15, 0.2) is 5.96 Å². The lowest BCUT2D eigenvalue weighted by atomic mass is 10.0. The monoisotopic (exact) mass is 530 g/mol. The maximum atomic E-state index is 10.5. The minimum absolute atomic E-state index is 0. The van der Waals surface area contributed by atoms with Crippen LogP contribution in [0.5, 0.6) is 0 Å². The number of halogens is 1. The van der Waals surface area contributed by atoms with Crippen molar-refractivity contribution in [3.63, 3.8) is 0 Å². The maximum Gasteiger partial charge on any atom is 0.191 e. The molecular formula is C22H35IN4OS. The molecule has 0 amide bonds. The molecule has 29 heavy (non-hydrogen) atoms.